The van der Waals surface area contributed by atoms with Crippen LogP contribution in [0.5, 0.6) is 0 Å². The number of amides is 2. The highest BCUT2D eigenvalue weighted by atomic mass is 32.2. The molecular weight excluding hydrogens is 394 g/mol. The lowest BCUT2D eigenvalue weighted by Crippen LogP contribution is -2.29. The predicted molar refractivity (Wildman–Crippen MR) is 123 cm³/mol. The van der Waals surface area contributed by atoms with E-state index in [0.717, 1.165) is 50.3 Å². The molecule has 0 atom stereocenters. The van der Waals surface area contributed by atoms with Crippen molar-refractivity contribution in [2.24, 2.45) is 0 Å². The van der Waals surface area contributed by atoms with Crippen LogP contribution in [-0.2, 0) is 11.3 Å². The fourth-order valence-corrected chi connectivity index (χ4v) is 4.55. The quantitative estimate of drug-likeness (QED) is 0.466. The molecule has 1 saturated heterocycles. The number of thioether (sulfide) groups is 1. The minimum atomic E-state index is -0.0718. The lowest BCUT2D eigenvalue weighted by molar-refractivity contribution is -0.127. The second-order valence-corrected chi connectivity index (χ2v) is 8.72. The molecule has 0 spiro atoms. The lowest BCUT2D eigenvalue weighted by atomic mass is 10.2. The molecule has 0 aliphatic carbocycles. The third-order valence-corrected chi connectivity index (χ3v) is 6.30. The average Bonchev–Trinajstić information content (AvgIpc) is 3.31. The first-order chi connectivity index (χ1) is 14.6. The SMILES string of the molecule is CN(CCCNC(=O)c1ccccc1SCC(=O)N1CCCC1)Cc1ccccc1. The van der Waals surface area contributed by atoms with E-state index in [-0.39, 0.29) is 11.8 Å². The fourth-order valence-electron chi connectivity index (χ4n) is 3.60. The van der Waals surface area contributed by atoms with Crippen LogP contribution in [0.1, 0.15) is 35.2 Å². The number of hydrogen-bond donors (Lipinski definition) is 1. The molecule has 30 heavy (non-hydrogen) atoms. The Morgan fingerprint density at radius 3 is 2.50 bits per heavy atom. The number of likely N-dealkylation sites (tertiary alicyclic amines) is 1. The van der Waals surface area contributed by atoms with E-state index >= 15 is 0 Å². The van der Waals surface area contributed by atoms with Crippen LogP contribution < -0.4 is 5.32 Å². The van der Waals surface area contributed by atoms with Gasteiger partial charge in [0.25, 0.3) is 5.91 Å². The van der Waals surface area contributed by atoms with Crippen LogP contribution in [-0.4, -0.2) is 60.6 Å². The first-order valence-corrected chi connectivity index (χ1v) is 11.6. The van der Waals surface area contributed by atoms with Crippen LogP contribution in [0.15, 0.2) is 59.5 Å². The van der Waals surface area contributed by atoms with Gasteiger partial charge in [0.2, 0.25) is 5.91 Å². The van der Waals surface area contributed by atoms with Gasteiger partial charge < -0.3 is 15.1 Å². The summed E-state index contributed by atoms with van der Waals surface area (Å²) in [7, 11) is 2.10. The molecule has 1 fully saturated rings. The molecule has 1 aliphatic heterocycles. The Bertz CT molecular complexity index is 822. The van der Waals surface area contributed by atoms with Gasteiger partial charge in [-0.25, -0.2) is 0 Å². The van der Waals surface area contributed by atoms with Gasteiger partial charge in [-0.3, -0.25) is 9.59 Å². The topological polar surface area (TPSA) is 52.7 Å². The van der Waals surface area contributed by atoms with E-state index in [4.69, 9.17) is 0 Å². The molecule has 2 aromatic rings. The summed E-state index contributed by atoms with van der Waals surface area (Å²) < 4.78 is 0. The number of nitrogens with zero attached hydrogens (tertiary/aromatic N) is 2. The normalized spacial score (nSPS) is 13.6. The number of carbonyl (C=O) groups is 2. The van der Waals surface area contributed by atoms with Gasteiger partial charge in [-0.2, -0.15) is 0 Å². The smallest absolute Gasteiger partial charge is 0.252 e. The number of nitrogens with one attached hydrogen (secondary N) is 1. The maximum absolute atomic E-state index is 12.7. The minimum Gasteiger partial charge on any atom is -0.352 e. The van der Waals surface area contributed by atoms with Crippen molar-refractivity contribution in [3.8, 4) is 0 Å². The predicted octanol–water partition coefficient (Wildman–Crippen LogP) is 3.65. The Labute approximate surface area is 183 Å². The molecule has 3 rings (SSSR count). The molecule has 1 aliphatic rings. The molecule has 5 nitrogen and oxygen atoms in total. The monoisotopic (exact) mass is 425 g/mol. The van der Waals surface area contributed by atoms with Crippen molar-refractivity contribution >= 4 is 23.6 Å². The molecule has 160 valence electrons. The highest BCUT2D eigenvalue weighted by Crippen LogP contribution is 2.23. The molecule has 6 heteroatoms. The molecule has 2 aromatic carbocycles. The maximum atomic E-state index is 12.7. The van der Waals surface area contributed by atoms with E-state index < -0.39 is 0 Å². The molecule has 1 heterocycles. The third kappa shape index (κ3) is 6.89. The summed E-state index contributed by atoms with van der Waals surface area (Å²) in [4.78, 5) is 30.0. The first-order valence-electron chi connectivity index (χ1n) is 10.6. The molecule has 0 unspecified atom stereocenters. The van der Waals surface area contributed by atoms with E-state index in [1.54, 1.807) is 0 Å². The summed E-state index contributed by atoms with van der Waals surface area (Å²) in [6.45, 7) is 4.17. The molecule has 0 bridgehead atoms. The van der Waals surface area contributed by atoms with E-state index in [1.807, 2.05) is 35.2 Å². The third-order valence-electron chi connectivity index (χ3n) is 5.24. The Kier molecular flexibility index (Phi) is 8.78. The van der Waals surface area contributed by atoms with Crippen molar-refractivity contribution in [2.45, 2.75) is 30.7 Å². The van der Waals surface area contributed by atoms with E-state index in [1.165, 1.54) is 17.3 Å². The number of rotatable bonds is 10. The van der Waals surface area contributed by atoms with Crippen molar-refractivity contribution in [2.75, 3.05) is 39.0 Å². The zero-order valence-electron chi connectivity index (χ0n) is 17.7. The molecular formula is C24H31N3O2S. The highest BCUT2D eigenvalue weighted by molar-refractivity contribution is 8.00. The number of hydrogen-bond acceptors (Lipinski definition) is 4. The summed E-state index contributed by atoms with van der Waals surface area (Å²) in [5.74, 6) is 0.473. The van der Waals surface area contributed by atoms with Gasteiger partial charge in [-0.1, -0.05) is 42.5 Å². The molecule has 0 saturated carbocycles. The molecule has 0 radical (unpaired) electrons. The van der Waals surface area contributed by atoms with Crippen molar-refractivity contribution in [3.05, 3.63) is 65.7 Å². The van der Waals surface area contributed by atoms with E-state index in [0.29, 0.717) is 17.9 Å². The van der Waals surface area contributed by atoms with Crippen molar-refractivity contribution in [1.29, 1.82) is 0 Å². The van der Waals surface area contributed by atoms with Crippen molar-refractivity contribution in [3.63, 3.8) is 0 Å². The zero-order chi connectivity index (χ0) is 21.2. The van der Waals surface area contributed by atoms with E-state index in [9.17, 15) is 9.59 Å². The van der Waals surface area contributed by atoms with E-state index in [2.05, 4.69) is 41.5 Å². The number of benzene rings is 2. The lowest BCUT2D eigenvalue weighted by Gasteiger charge is -2.17. The summed E-state index contributed by atoms with van der Waals surface area (Å²) >= 11 is 1.46. The van der Waals surface area contributed by atoms with Gasteiger partial charge in [-0.05, 0) is 50.6 Å². The van der Waals surface area contributed by atoms with Gasteiger partial charge in [0.15, 0.2) is 0 Å². The average molecular weight is 426 g/mol. The number of carbonyl (C=O) groups excluding carboxylic acids is 2. The van der Waals surface area contributed by atoms with Crippen LogP contribution in [0.4, 0.5) is 0 Å². The summed E-state index contributed by atoms with van der Waals surface area (Å²) in [6, 6.07) is 17.9. The van der Waals surface area contributed by atoms with Crippen LogP contribution in [0, 0.1) is 0 Å². The Morgan fingerprint density at radius 1 is 1.03 bits per heavy atom. The van der Waals surface area contributed by atoms with Crippen LogP contribution in [0.2, 0.25) is 0 Å². The standard InChI is InChI=1S/C24H31N3O2S/c1-26(18-20-10-3-2-4-11-20)15-9-14-25-24(29)21-12-5-6-13-22(21)30-19-23(28)27-16-7-8-17-27/h2-6,10-13H,7-9,14-19H2,1H3,(H,25,29). The van der Waals surface area contributed by atoms with Crippen molar-refractivity contribution < 1.29 is 9.59 Å². The Balaban J connectivity index is 1.42. The van der Waals surface area contributed by atoms with Crippen LogP contribution >= 0.6 is 11.8 Å². The van der Waals surface area contributed by atoms with Gasteiger partial charge in [0.05, 0.1) is 11.3 Å². The van der Waals surface area contributed by atoms with Crippen LogP contribution in [0.3, 0.4) is 0 Å². The fraction of sp³-hybridized carbons (Fsp3) is 0.417. The summed E-state index contributed by atoms with van der Waals surface area (Å²) in [5, 5.41) is 3.03. The second-order valence-electron chi connectivity index (χ2n) is 7.71. The zero-order valence-corrected chi connectivity index (χ0v) is 18.5. The Morgan fingerprint density at radius 2 is 1.73 bits per heavy atom. The largest absolute Gasteiger partial charge is 0.352 e. The van der Waals surface area contributed by atoms with Gasteiger partial charge in [-0.15, -0.1) is 11.8 Å². The first kappa shape index (κ1) is 22.4. The summed E-state index contributed by atoms with van der Waals surface area (Å²) in [6.07, 6.45) is 3.07. The minimum absolute atomic E-state index is 0.0718. The van der Waals surface area contributed by atoms with Crippen LogP contribution in [0.25, 0.3) is 0 Å². The van der Waals surface area contributed by atoms with Gasteiger partial charge in [0, 0.05) is 31.1 Å². The molecule has 1 N–H and O–H groups in total. The Hall–Kier alpha value is -2.31. The van der Waals surface area contributed by atoms with Crippen molar-refractivity contribution in [1.82, 2.24) is 15.1 Å². The molecule has 2 amide bonds. The molecule has 0 aromatic heterocycles. The summed E-state index contributed by atoms with van der Waals surface area (Å²) in [5.41, 5.74) is 1.94. The highest BCUT2D eigenvalue weighted by Gasteiger charge is 2.19. The van der Waals surface area contributed by atoms with Gasteiger partial charge in [0.1, 0.15) is 0 Å². The second kappa shape index (κ2) is 11.8. The maximum Gasteiger partial charge on any atom is 0.252 e. The van der Waals surface area contributed by atoms with Gasteiger partial charge >= 0.3 is 0 Å².